The van der Waals surface area contributed by atoms with Crippen molar-refractivity contribution in [2.24, 2.45) is 5.73 Å². The molecule has 0 bridgehead atoms. The maximum atomic E-state index is 12.6. The van der Waals surface area contributed by atoms with Gasteiger partial charge in [0.25, 0.3) is 0 Å². The van der Waals surface area contributed by atoms with Gasteiger partial charge in [-0.3, -0.25) is 18.6 Å². The maximum Gasteiger partial charge on any atom is 0.472 e. The molecule has 0 rings (SSSR count). The Labute approximate surface area is 333 Å². The highest BCUT2D eigenvalue weighted by Crippen LogP contribution is 2.43. The fraction of sp³-hybridized carbons (Fsp3) is 0.955. The summed E-state index contributed by atoms with van der Waals surface area (Å²) in [7, 11) is -4.37. The number of unbranched alkanes of at least 4 members (excludes halogenated alkanes) is 31. The Hall–Kier alpha value is -0.990. The molecular formula is C44H88NO8P. The molecule has 0 saturated carbocycles. The van der Waals surface area contributed by atoms with Crippen molar-refractivity contribution in [3.8, 4) is 0 Å². The van der Waals surface area contributed by atoms with E-state index >= 15 is 0 Å². The van der Waals surface area contributed by atoms with Gasteiger partial charge in [0.2, 0.25) is 0 Å². The van der Waals surface area contributed by atoms with Crippen LogP contribution in [0.3, 0.4) is 0 Å². The van der Waals surface area contributed by atoms with E-state index in [4.69, 9.17) is 24.3 Å². The van der Waals surface area contributed by atoms with E-state index in [9.17, 15) is 19.0 Å². The number of rotatable bonds is 44. The number of nitrogens with two attached hydrogens (primary N) is 1. The highest BCUT2D eigenvalue weighted by Gasteiger charge is 2.26. The highest BCUT2D eigenvalue weighted by atomic mass is 31.2. The molecule has 0 aliphatic rings. The molecule has 0 aliphatic carbocycles. The SMILES string of the molecule is CCCCCCCCCCCCCCCCCCCCCCCC(=O)O[C@H](COC(=O)CCCCCCCCCCCCCC)COP(=O)(O)OCCN. The molecule has 322 valence electrons. The Bertz CT molecular complexity index is 860. The first-order chi connectivity index (χ1) is 26.3. The third-order valence-electron chi connectivity index (χ3n) is 10.2. The Kier molecular flexibility index (Phi) is 40.9. The number of carbonyl (C=O) groups is 2. The predicted molar refractivity (Wildman–Crippen MR) is 225 cm³/mol. The summed E-state index contributed by atoms with van der Waals surface area (Å²) in [4.78, 5) is 34.9. The zero-order valence-corrected chi connectivity index (χ0v) is 36.4. The first-order valence-corrected chi connectivity index (χ1v) is 24.5. The number of hydrogen-bond acceptors (Lipinski definition) is 8. The van der Waals surface area contributed by atoms with Crippen LogP contribution in [0.15, 0.2) is 0 Å². The van der Waals surface area contributed by atoms with Gasteiger partial charge in [-0.1, -0.05) is 213 Å². The quantitative estimate of drug-likeness (QED) is 0.0351. The summed E-state index contributed by atoms with van der Waals surface area (Å²) in [6.45, 7) is 3.77. The predicted octanol–water partition coefficient (Wildman–Crippen LogP) is 13.2. The van der Waals surface area contributed by atoms with Gasteiger partial charge in [0.1, 0.15) is 6.61 Å². The molecular weight excluding hydrogens is 701 g/mol. The molecule has 0 aliphatic heterocycles. The summed E-state index contributed by atoms with van der Waals surface area (Å²) in [6.07, 6.45) is 41.4. The number of carbonyl (C=O) groups excluding carboxylic acids is 2. The monoisotopic (exact) mass is 790 g/mol. The van der Waals surface area contributed by atoms with Gasteiger partial charge >= 0.3 is 19.8 Å². The van der Waals surface area contributed by atoms with Gasteiger partial charge in [-0.15, -0.1) is 0 Å². The van der Waals surface area contributed by atoms with E-state index in [0.717, 1.165) is 32.1 Å². The summed E-state index contributed by atoms with van der Waals surface area (Å²) >= 11 is 0. The molecule has 0 aromatic heterocycles. The molecule has 54 heavy (non-hydrogen) atoms. The lowest BCUT2D eigenvalue weighted by atomic mass is 10.0. The summed E-state index contributed by atoms with van der Waals surface area (Å²) in [5, 5.41) is 0. The zero-order valence-electron chi connectivity index (χ0n) is 35.5. The summed E-state index contributed by atoms with van der Waals surface area (Å²) in [6, 6.07) is 0. The molecule has 0 radical (unpaired) electrons. The Morgan fingerprint density at radius 3 is 1.13 bits per heavy atom. The molecule has 0 aromatic rings. The first kappa shape index (κ1) is 53.0. The van der Waals surface area contributed by atoms with Gasteiger partial charge in [-0.05, 0) is 12.8 Å². The van der Waals surface area contributed by atoms with Crippen molar-refractivity contribution in [1.29, 1.82) is 0 Å². The molecule has 10 heteroatoms. The first-order valence-electron chi connectivity index (χ1n) is 23.0. The minimum atomic E-state index is -4.37. The fourth-order valence-electron chi connectivity index (χ4n) is 6.81. The smallest absolute Gasteiger partial charge is 0.462 e. The molecule has 9 nitrogen and oxygen atoms in total. The second kappa shape index (κ2) is 41.6. The normalized spacial score (nSPS) is 13.2. The van der Waals surface area contributed by atoms with Gasteiger partial charge in [0, 0.05) is 19.4 Å². The lowest BCUT2D eigenvalue weighted by Crippen LogP contribution is -2.29. The van der Waals surface area contributed by atoms with Crippen molar-refractivity contribution in [2.75, 3.05) is 26.4 Å². The van der Waals surface area contributed by atoms with Crippen molar-refractivity contribution in [3.63, 3.8) is 0 Å². The molecule has 0 spiro atoms. The van der Waals surface area contributed by atoms with E-state index in [0.29, 0.717) is 6.42 Å². The fourth-order valence-corrected chi connectivity index (χ4v) is 7.58. The molecule has 2 atom stereocenters. The van der Waals surface area contributed by atoms with Crippen LogP contribution in [-0.2, 0) is 32.7 Å². The van der Waals surface area contributed by atoms with E-state index in [1.807, 2.05) is 0 Å². The summed E-state index contributed by atoms with van der Waals surface area (Å²) in [5.74, 6) is -0.812. The molecule has 0 fully saturated rings. The van der Waals surface area contributed by atoms with Crippen LogP contribution in [0.4, 0.5) is 0 Å². The number of phosphoric acid groups is 1. The van der Waals surface area contributed by atoms with Crippen LogP contribution in [0.2, 0.25) is 0 Å². The van der Waals surface area contributed by atoms with E-state index in [1.54, 1.807) is 0 Å². The van der Waals surface area contributed by atoms with Crippen LogP contribution in [0.1, 0.15) is 239 Å². The molecule has 1 unspecified atom stereocenters. The van der Waals surface area contributed by atoms with Crippen molar-refractivity contribution in [1.82, 2.24) is 0 Å². The minimum Gasteiger partial charge on any atom is -0.462 e. The van der Waals surface area contributed by atoms with Crippen molar-refractivity contribution < 1.29 is 37.6 Å². The van der Waals surface area contributed by atoms with E-state index in [2.05, 4.69) is 13.8 Å². The number of ether oxygens (including phenoxy) is 2. The maximum absolute atomic E-state index is 12.6. The number of hydrogen-bond donors (Lipinski definition) is 2. The third kappa shape index (κ3) is 40.7. The highest BCUT2D eigenvalue weighted by molar-refractivity contribution is 7.47. The van der Waals surface area contributed by atoms with Crippen LogP contribution < -0.4 is 5.73 Å². The lowest BCUT2D eigenvalue weighted by Gasteiger charge is -2.19. The van der Waals surface area contributed by atoms with Crippen LogP contribution >= 0.6 is 7.82 Å². The molecule has 3 N–H and O–H groups in total. The van der Waals surface area contributed by atoms with Crippen LogP contribution in [0.25, 0.3) is 0 Å². The lowest BCUT2D eigenvalue weighted by molar-refractivity contribution is -0.161. The van der Waals surface area contributed by atoms with Gasteiger partial charge < -0.3 is 20.1 Å². The topological polar surface area (TPSA) is 134 Å². The Morgan fingerprint density at radius 2 is 0.796 bits per heavy atom. The van der Waals surface area contributed by atoms with E-state index in [-0.39, 0.29) is 38.6 Å². The molecule has 0 amide bonds. The van der Waals surface area contributed by atoms with Gasteiger partial charge in [-0.2, -0.15) is 0 Å². The van der Waals surface area contributed by atoms with Crippen LogP contribution in [0, 0.1) is 0 Å². The average Bonchev–Trinajstić information content (AvgIpc) is 3.16. The summed E-state index contributed by atoms with van der Waals surface area (Å²) in [5.41, 5.74) is 5.35. The molecule has 0 aromatic carbocycles. The summed E-state index contributed by atoms with van der Waals surface area (Å²) < 4.78 is 32.8. The van der Waals surface area contributed by atoms with Crippen molar-refractivity contribution >= 4 is 19.8 Å². The van der Waals surface area contributed by atoms with Gasteiger partial charge in [0.15, 0.2) is 6.10 Å². The zero-order chi connectivity index (χ0) is 39.6. The Balaban J connectivity index is 4.01. The van der Waals surface area contributed by atoms with Crippen molar-refractivity contribution in [3.05, 3.63) is 0 Å². The van der Waals surface area contributed by atoms with E-state index < -0.39 is 26.5 Å². The second-order valence-electron chi connectivity index (χ2n) is 15.6. The molecule has 0 heterocycles. The minimum absolute atomic E-state index is 0.0581. The average molecular weight is 790 g/mol. The third-order valence-corrected chi connectivity index (χ3v) is 11.2. The van der Waals surface area contributed by atoms with Gasteiger partial charge in [0.05, 0.1) is 13.2 Å². The van der Waals surface area contributed by atoms with E-state index in [1.165, 1.54) is 173 Å². The van der Waals surface area contributed by atoms with Crippen molar-refractivity contribution in [2.45, 2.75) is 245 Å². The number of phosphoric ester groups is 1. The molecule has 0 saturated heterocycles. The standard InChI is InChI=1S/C44H88NO8P/c1-3-5-7-9-11-13-15-17-18-19-20-21-22-23-24-25-27-29-31-33-35-37-44(47)53-42(41-52-54(48,49)51-39-38-45)40-50-43(46)36-34-32-30-28-26-16-14-12-10-8-6-4-2/h42H,3-41,45H2,1-2H3,(H,48,49)/t42-/m1/s1. The second-order valence-corrected chi connectivity index (χ2v) is 17.1. The Morgan fingerprint density at radius 1 is 0.481 bits per heavy atom. The van der Waals surface area contributed by atoms with Gasteiger partial charge in [-0.25, -0.2) is 4.57 Å². The van der Waals surface area contributed by atoms with Crippen LogP contribution in [0.5, 0.6) is 0 Å². The number of esters is 2. The largest absolute Gasteiger partial charge is 0.472 e. The van der Waals surface area contributed by atoms with Crippen LogP contribution in [-0.4, -0.2) is 49.3 Å².